The normalized spacial score (nSPS) is 14.0. The number of carbonyl (C=O) groups excluding carboxylic acids is 2. The number of aromatic hydroxyl groups is 1. The molecule has 0 radical (unpaired) electrons. The van der Waals surface area contributed by atoms with Crippen molar-refractivity contribution in [3.63, 3.8) is 0 Å². The molecule has 2 unspecified atom stereocenters. The third kappa shape index (κ3) is 5.46. The zero-order valence-corrected chi connectivity index (χ0v) is 16.7. The van der Waals surface area contributed by atoms with Gasteiger partial charge in [0.25, 0.3) is 0 Å². The van der Waals surface area contributed by atoms with Gasteiger partial charge in [0.1, 0.15) is 0 Å². The maximum absolute atomic E-state index is 13.0. The van der Waals surface area contributed by atoms with Gasteiger partial charge in [0.05, 0.1) is 0 Å². The molecule has 27 heavy (non-hydrogen) atoms. The molecule has 9 heteroatoms. The van der Waals surface area contributed by atoms with E-state index in [-0.39, 0.29) is 22.4 Å². The fourth-order valence-electron chi connectivity index (χ4n) is 2.35. The molecule has 0 saturated heterocycles. The molecular formula is C18H20AsNO7. The summed E-state index contributed by atoms with van der Waals surface area (Å²) in [5.74, 6) is -1.51. The van der Waals surface area contributed by atoms with Crippen LogP contribution in [-0.4, -0.2) is 41.9 Å². The molecule has 0 fully saturated rings. The first-order valence-electron chi connectivity index (χ1n) is 8.08. The number of ether oxygens (including phenoxy) is 1. The summed E-state index contributed by atoms with van der Waals surface area (Å²) in [5.41, 5.74) is 0.287. The van der Waals surface area contributed by atoms with E-state index in [0.717, 1.165) is 6.07 Å². The number of carbonyl (C=O) groups is 2. The summed E-state index contributed by atoms with van der Waals surface area (Å²) in [6, 6.07) is 11.7. The van der Waals surface area contributed by atoms with Gasteiger partial charge >= 0.3 is 159 Å². The maximum atomic E-state index is 13.0. The Hall–Kier alpha value is -2.54. The number of esters is 1. The van der Waals surface area contributed by atoms with Crippen LogP contribution in [0.2, 0.25) is 0 Å². The van der Waals surface area contributed by atoms with Crippen LogP contribution in [0.4, 0.5) is 5.69 Å². The molecule has 0 bridgehead atoms. The summed E-state index contributed by atoms with van der Waals surface area (Å²) < 4.78 is 33.7. The van der Waals surface area contributed by atoms with Crippen molar-refractivity contribution in [2.45, 2.75) is 20.0 Å². The van der Waals surface area contributed by atoms with Crippen molar-refractivity contribution in [1.82, 2.24) is 0 Å². The summed E-state index contributed by atoms with van der Waals surface area (Å²) in [5, 5.41) is 12.0. The molecule has 0 saturated carbocycles. The molecule has 0 aliphatic heterocycles. The van der Waals surface area contributed by atoms with Crippen LogP contribution in [0.3, 0.4) is 0 Å². The first-order chi connectivity index (χ1) is 12.7. The van der Waals surface area contributed by atoms with Crippen molar-refractivity contribution in [2.75, 3.05) is 11.9 Å². The van der Waals surface area contributed by atoms with Crippen molar-refractivity contribution in [3.8, 4) is 5.75 Å². The average molecular weight is 437 g/mol. The Morgan fingerprint density at radius 2 is 1.85 bits per heavy atom. The number of phenols is 1. The number of anilines is 1. The SMILES string of the molecule is CCOC(=O)C(O[As](=O)(O)c1ccc(O)cc1NC(C)=O)c1ccccc1. The van der Waals surface area contributed by atoms with Gasteiger partial charge in [-0.05, 0) is 0 Å². The van der Waals surface area contributed by atoms with E-state index in [9.17, 15) is 22.5 Å². The second-order valence-electron chi connectivity index (χ2n) is 5.55. The van der Waals surface area contributed by atoms with Crippen LogP contribution in [0.15, 0.2) is 48.5 Å². The second kappa shape index (κ2) is 8.90. The first kappa shape index (κ1) is 20.8. The van der Waals surface area contributed by atoms with E-state index in [1.54, 1.807) is 37.3 Å². The minimum absolute atomic E-state index is 0.0665. The number of amides is 1. The molecule has 0 heterocycles. The Morgan fingerprint density at radius 3 is 2.44 bits per heavy atom. The summed E-state index contributed by atoms with van der Waals surface area (Å²) in [6.07, 6.45) is -1.42. The predicted octanol–water partition coefficient (Wildman–Crippen LogP) is 1.24. The molecule has 2 aromatic carbocycles. The van der Waals surface area contributed by atoms with Crippen LogP contribution < -0.4 is 9.67 Å². The van der Waals surface area contributed by atoms with Gasteiger partial charge in [0.2, 0.25) is 0 Å². The van der Waals surface area contributed by atoms with E-state index in [1.165, 1.54) is 19.1 Å². The van der Waals surface area contributed by atoms with Crippen LogP contribution in [0, 0.1) is 0 Å². The molecule has 0 spiro atoms. The molecule has 0 aromatic heterocycles. The molecule has 144 valence electrons. The number of hydrogen-bond acceptors (Lipinski definition) is 6. The standard InChI is InChI=1S/C18H20AsNO7/c1-3-26-18(23)17(13-7-5-4-6-8-13)27-19(24,25)15-10-9-14(22)11-16(15)20-12(2)21/h4-11,17,22H,3H2,1-2H3,(H,20,21)(H,24,25). The van der Waals surface area contributed by atoms with E-state index < -0.39 is 32.2 Å². The van der Waals surface area contributed by atoms with Gasteiger partial charge in [0.15, 0.2) is 0 Å². The van der Waals surface area contributed by atoms with E-state index in [0.29, 0.717) is 5.56 Å². The van der Waals surface area contributed by atoms with Crippen molar-refractivity contribution >= 4 is 36.1 Å². The minimum atomic E-state index is -5.34. The monoisotopic (exact) mass is 437 g/mol. The summed E-state index contributed by atoms with van der Waals surface area (Å²) in [7, 11) is 0. The van der Waals surface area contributed by atoms with Crippen molar-refractivity contribution < 1.29 is 31.0 Å². The Kier molecular flexibility index (Phi) is 6.85. The molecule has 2 rings (SSSR count). The topological polar surface area (TPSA) is 122 Å². The zero-order valence-electron chi connectivity index (χ0n) is 14.8. The molecule has 8 nitrogen and oxygen atoms in total. The molecular weight excluding hydrogens is 417 g/mol. The molecule has 1 amide bonds. The van der Waals surface area contributed by atoms with Crippen LogP contribution in [0.5, 0.6) is 5.75 Å². The average Bonchev–Trinajstić information content (AvgIpc) is 2.60. The van der Waals surface area contributed by atoms with Gasteiger partial charge < -0.3 is 0 Å². The van der Waals surface area contributed by atoms with E-state index in [4.69, 9.17) is 8.46 Å². The van der Waals surface area contributed by atoms with Gasteiger partial charge in [-0.2, -0.15) is 0 Å². The summed E-state index contributed by atoms with van der Waals surface area (Å²) >= 11 is -5.34. The van der Waals surface area contributed by atoms with Gasteiger partial charge in [-0.15, -0.1) is 0 Å². The summed E-state index contributed by atoms with van der Waals surface area (Å²) in [4.78, 5) is 23.7. The van der Waals surface area contributed by atoms with E-state index in [2.05, 4.69) is 5.32 Å². The second-order valence-corrected chi connectivity index (χ2v) is 9.19. The molecule has 0 aliphatic rings. The van der Waals surface area contributed by atoms with Crippen LogP contribution in [-0.2, 0) is 21.8 Å². The van der Waals surface area contributed by atoms with Crippen molar-refractivity contribution in [1.29, 1.82) is 0 Å². The van der Waals surface area contributed by atoms with Crippen molar-refractivity contribution in [2.24, 2.45) is 0 Å². The molecule has 2 atom stereocenters. The molecule has 3 N–H and O–H groups in total. The third-order valence-corrected chi connectivity index (χ3v) is 6.58. The van der Waals surface area contributed by atoms with Crippen molar-refractivity contribution in [3.05, 3.63) is 54.1 Å². The third-order valence-electron chi connectivity index (χ3n) is 3.45. The van der Waals surface area contributed by atoms with Gasteiger partial charge in [-0.3, -0.25) is 0 Å². The molecule has 2 aromatic rings. The van der Waals surface area contributed by atoms with E-state index in [1.807, 2.05) is 0 Å². The Bertz CT molecular complexity index is 869. The number of rotatable bonds is 7. The fourth-order valence-corrected chi connectivity index (χ4v) is 5.06. The Balaban J connectivity index is 2.43. The van der Waals surface area contributed by atoms with Gasteiger partial charge in [-0.1, -0.05) is 0 Å². The van der Waals surface area contributed by atoms with Crippen LogP contribution >= 0.6 is 0 Å². The van der Waals surface area contributed by atoms with Gasteiger partial charge in [0, 0.05) is 0 Å². The quantitative estimate of drug-likeness (QED) is 0.440. The number of phenolic OH excluding ortho intramolecular Hbond substituents is 1. The van der Waals surface area contributed by atoms with Crippen LogP contribution in [0.25, 0.3) is 0 Å². The number of hydrogen-bond donors (Lipinski definition) is 3. The Labute approximate surface area is 159 Å². The Morgan fingerprint density at radius 1 is 1.19 bits per heavy atom. The number of nitrogens with one attached hydrogen (secondary N) is 1. The molecule has 0 aliphatic carbocycles. The number of benzene rings is 2. The summed E-state index contributed by atoms with van der Waals surface area (Å²) in [6.45, 7) is 2.90. The van der Waals surface area contributed by atoms with E-state index >= 15 is 0 Å². The van der Waals surface area contributed by atoms with Gasteiger partial charge in [-0.25, -0.2) is 0 Å². The first-order valence-corrected chi connectivity index (χ1v) is 11.4. The fraction of sp³-hybridized carbons (Fsp3) is 0.222. The zero-order chi connectivity index (χ0) is 20.0. The van der Waals surface area contributed by atoms with Crippen LogP contribution in [0.1, 0.15) is 25.5 Å². The predicted molar refractivity (Wildman–Crippen MR) is 97.6 cm³/mol.